The lowest BCUT2D eigenvalue weighted by molar-refractivity contribution is 0.0973. The summed E-state index contributed by atoms with van der Waals surface area (Å²) >= 11 is 0. The van der Waals surface area contributed by atoms with Crippen molar-refractivity contribution in [2.45, 2.75) is 60.8 Å². The molecule has 6 aromatic carbocycles. The van der Waals surface area contributed by atoms with Crippen molar-refractivity contribution in [1.29, 1.82) is 0 Å². The fourth-order valence-corrected chi connectivity index (χ4v) is 7.35. The third-order valence-electron chi connectivity index (χ3n) is 11.1. The molecule has 0 fully saturated rings. The lowest BCUT2D eigenvalue weighted by atomic mass is 10.2. The van der Waals surface area contributed by atoms with Crippen LogP contribution in [0.4, 0.5) is 17.1 Å². The number of benzene rings is 6. The van der Waals surface area contributed by atoms with Gasteiger partial charge in [0.15, 0.2) is 17.1 Å². The molecule has 0 bridgehead atoms. The molecular formula is C57H62N12O3. The summed E-state index contributed by atoms with van der Waals surface area (Å²) in [4.78, 5) is 48.4. The average Bonchev–Trinajstić information content (AvgIpc) is 4.23. The van der Waals surface area contributed by atoms with Gasteiger partial charge >= 0.3 is 0 Å². The Labute approximate surface area is 422 Å². The standard InChI is InChI=1S/C20H22N4O.C19H20N4O.C17H16N4O.CH4/c1-3-4-15-23(17-11-7-5-8-12-17)20(25)19-16(2)21-24(22-19)18-13-9-6-10-14-18;1-2-3-14-22(16-10-6-4-7-11-16)19(24)18-15-20-23(21-18)17-12-8-5-9-13-17;1-2-20(14-9-5-3-6-10-14)17(22)16-13-18-21(19-16)15-11-7-4-8-12-15;/h5-14H,3-4,15H2,1-2H3;4-13,15H,2-3,14H2,1H3;3-13H,2H2,1H3;1H4. The van der Waals surface area contributed by atoms with E-state index in [1.165, 1.54) is 26.8 Å². The number of aromatic nitrogens is 9. The molecule has 0 saturated heterocycles. The topological polar surface area (TPSA) is 153 Å². The number of unbranched alkanes of at least 4 members (excludes halogenated alkanes) is 2. The van der Waals surface area contributed by atoms with Crippen LogP contribution >= 0.6 is 0 Å². The molecule has 15 heteroatoms. The van der Waals surface area contributed by atoms with Gasteiger partial charge in [0.1, 0.15) is 0 Å². The fraction of sp³-hybridized carbons (Fsp3) is 0.211. The molecule has 3 aromatic heterocycles. The van der Waals surface area contributed by atoms with E-state index in [4.69, 9.17) is 0 Å². The van der Waals surface area contributed by atoms with E-state index in [0.717, 1.165) is 59.8 Å². The quantitative estimate of drug-likeness (QED) is 0.0921. The number of hydrogen-bond donors (Lipinski definition) is 0. The molecular weight excluding hydrogens is 901 g/mol. The van der Waals surface area contributed by atoms with E-state index in [2.05, 4.69) is 44.4 Å². The summed E-state index contributed by atoms with van der Waals surface area (Å²) in [6.45, 7) is 9.88. The van der Waals surface area contributed by atoms with Crippen molar-refractivity contribution in [3.05, 3.63) is 217 Å². The second kappa shape index (κ2) is 26.8. The number of rotatable bonds is 16. The van der Waals surface area contributed by atoms with Gasteiger partial charge < -0.3 is 14.7 Å². The first-order valence-corrected chi connectivity index (χ1v) is 23.8. The minimum Gasteiger partial charge on any atom is -0.307 e. The molecule has 0 unspecified atom stereocenters. The van der Waals surface area contributed by atoms with Gasteiger partial charge in [-0.3, -0.25) is 14.4 Å². The molecule has 15 nitrogen and oxygen atoms in total. The molecule has 0 atom stereocenters. The molecule has 9 rings (SSSR count). The van der Waals surface area contributed by atoms with Crippen LogP contribution in [0, 0.1) is 6.92 Å². The summed E-state index contributed by atoms with van der Waals surface area (Å²) in [5.41, 5.74) is 6.80. The van der Waals surface area contributed by atoms with Crippen molar-refractivity contribution in [2.24, 2.45) is 0 Å². The van der Waals surface area contributed by atoms with Crippen molar-refractivity contribution in [3.63, 3.8) is 0 Å². The fourth-order valence-electron chi connectivity index (χ4n) is 7.35. The SMILES string of the molecule is C.CCCCN(C(=O)c1cnn(-c2ccccc2)n1)c1ccccc1.CCCCN(C(=O)c1nn(-c2ccccc2)nc1C)c1ccccc1.CCN(C(=O)c1cnn(-c2ccccc2)n1)c1ccccc1. The van der Waals surface area contributed by atoms with Gasteiger partial charge in [-0.25, -0.2) is 0 Å². The molecule has 0 aliphatic rings. The highest BCUT2D eigenvalue weighted by molar-refractivity contribution is 6.06. The Hall–Kier alpha value is -8.85. The van der Waals surface area contributed by atoms with Crippen molar-refractivity contribution >= 4 is 34.8 Å². The number of aryl methyl sites for hydroxylation is 1. The Bertz CT molecular complexity index is 3020. The third-order valence-corrected chi connectivity index (χ3v) is 11.1. The number of carbonyl (C=O) groups is 3. The smallest absolute Gasteiger partial charge is 0.280 e. The highest BCUT2D eigenvalue weighted by Crippen LogP contribution is 2.21. The summed E-state index contributed by atoms with van der Waals surface area (Å²) in [5, 5.41) is 25.9. The summed E-state index contributed by atoms with van der Waals surface area (Å²) in [6, 6.07) is 57.7. The molecule has 9 aromatic rings. The van der Waals surface area contributed by atoms with Gasteiger partial charge in [0.05, 0.1) is 35.1 Å². The predicted octanol–water partition coefficient (Wildman–Crippen LogP) is 11.3. The van der Waals surface area contributed by atoms with Crippen molar-refractivity contribution in [2.75, 3.05) is 34.3 Å². The Balaban J connectivity index is 0.000000176. The normalized spacial score (nSPS) is 10.4. The highest BCUT2D eigenvalue weighted by Gasteiger charge is 2.24. The first kappa shape index (κ1) is 52.5. The molecule has 3 heterocycles. The van der Waals surface area contributed by atoms with Crippen molar-refractivity contribution < 1.29 is 14.4 Å². The molecule has 0 radical (unpaired) electrons. The van der Waals surface area contributed by atoms with Crippen LogP contribution in [0.2, 0.25) is 0 Å². The zero-order valence-corrected chi connectivity index (χ0v) is 40.5. The molecule has 3 amide bonds. The van der Waals surface area contributed by atoms with E-state index in [9.17, 15) is 14.4 Å². The van der Waals surface area contributed by atoms with Gasteiger partial charge in [0.25, 0.3) is 17.7 Å². The van der Waals surface area contributed by atoms with E-state index in [0.29, 0.717) is 42.4 Å². The zero-order valence-electron chi connectivity index (χ0n) is 40.5. The van der Waals surface area contributed by atoms with Gasteiger partial charge in [0, 0.05) is 36.7 Å². The summed E-state index contributed by atoms with van der Waals surface area (Å²) in [6.07, 6.45) is 6.94. The van der Waals surface area contributed by atoms with Gasteiger partial charge in [0.2, 0.25) is 0 Å². The number of anilines is 3. The molecule has 0 aliphatic heterocycles. The molecule has 0 spiro atoms. The molecule has 72 heavy (non-hydrogen) atoms. The van der Waals surface area contributed by atoms with E-state index in [1.807, 2.05) is 196 Å². The highest BCUT2D eigenvalue weighted by atomic mass is 16.2. The van der Waals surface area contributed by atoms with Crippen LogP contribution in [-0.2, 0) is 0 Å². The molecule has 0 N–H and O–H groups in total. The van der Waals surface area contributed by atoms with Crippen molar-refractivity contribution in [3.8, 4) is 17.1 Å². The summed E-state index contributed by atoms with van der Waals surface area (Å²) < 4.78 is 0. The van der Waals surface area contributed by atoms with E-state index >= 15 is 0 Å². The monoisotopic (exact) mass is 963 g/mol. The van der Waals surface area contributed by atoms with E-state index in [-0.39, 0.29) is 25.1 Å². The van der Waals surface area contributed by atoms with E-state index < -0.39 is 0 Å². The van der Waals surface area contributed by atoms with Crippen LogP contribution in [0.1, 0.15) is 91.0 Å². The zero-order chi connectivity index (χ0) is 49.8. The maximum absolute atomic E-state index is 13.1. The van der Waals surface area contributed by atoms with Crippen LogP contribution in [0.3, 0.4) is 0 Å². The van der Waals surface area contributed by atoms with Crippen molar-refractivity contribution in [1.82, 2.24) is 45.0 Å². The summed E-state index contributed by atoms with van der Waals surface area (Å²) in [7, 11) is 0. The second-order valence-electron chi connectivity index (χ2n) is 16.1. The number of nitrogens with zero attached hydrogens (tertiary/aromatic N) is 12. The maximum atomic E-state index is 13.1. The number of para-hydroxylation sites is 6. The van der Waals surface area contributed by atoms with Gasteiger partial charge in [-0.2, -0.15) is 29.7 Å². The lowest BCUT2D eigenvalue weighted by Gasteiger charge is -2.21. The van der Waals surface area contributed by atoms with Crippen LogP contribution in [0.15, 0.2) is 194 Å². The Morgan fingerprint density at radius 1 is 0.417 bits per heavy atom. The maximum Gasteiger partial charge on any atom is 0.280 e. The Morgan fingerprint density at radius 3 is 1.12 bits per heavy atom. The Morgan fingerprint density at radius 2 is 0.750 bits per heavy atom. The minimum atomic E-state index is -0.157. The van der Waals surface area contributed by atoms with E-state index in [1.54, 1.807) is 14.7 Å². The van der Waals surface area contributed by atoms with Gasteiger partial charge in [-0.15, -0.1) is 15.3 Å². The first-order valence-electron chi connectivity index (χ1n) is 23.8. The van der Waals surface area contributed by atoms with Crippen LogP contribution in [0.5, 0.6) is 0 Å². The largest absolute Gasteiger partial charge is 0.307 e. The van der Waals surface area contributed by atoms with Crippen LogP contribution in [-0.4, -0.2) is 82.3 Å². The number of amides is 3. The van der Waals surface area contributed by atoms with Crippen LogP contribution in [0.25, 0.3) is 17.1 Å². The van der Waals surface area contributed by atoms with Crippen LogP contribution < -0.4 is 14.7 Å². The Kier molecular flexibility index (Phi) is 19.5. The minimum absolute atomic E-state index is 0. The summed E-state index contributed by atoms with van der Waals surface area (Å²) in [5.74, 6) is -0.396. The number of carbonyl (C=O) groups excluding carboxylic acids is 3. The predicted molar refractivity (Wildman–Crippen MR) is 285 cm³/mol. The lowest BCUT2D eigenvalue weighted by Crippen LogP contribution is -2.32. The number of hydrogen-bond acceptors (Lipinski definition) is 9. The molecule has 0 aliphatic carbocycles. The average molecular weight is 963 g/mol. The molecule has 0 saturated carbocycles. The third kappa shape index (κ3) is 13.7. The second-order valence-corrected chi connectivity index (χ2v) is 16.1. The molecule has 368 valence electrons. The van der Waals surface area contributed by atoms with Gasteiger partial charge in [-0.1, -0.05) is 143 Å². The first-order chi connectivity index (χ1) is 34.8. The van der Waals surface area contributed by atoms with Gasteiger partial charge in [-0.05, 0) is 99.5 Å².